The Bertz CT molecular complexity index is 1250. The molecule has 10 nitrogen and oxygen atoms in total. The zero-order chi connectivity index (χ0) is 27.9. The molecule has 0 aromatic carbocycles. The van der Waals surface area contributed by atoms with Gasteiger partial charge in [0.05, 0.1) is 17.9 Å². The molecule has 3 saturated heterocycles. The summed E-state index contributed by atoms with van der Waals surface area (Å²) in [6, 6.07) is 1.15. The molecule has 0 radical (unpaired) electrons. The number of likely N-dealkylation sites (tertiary alicyclic amines) is 2. The third-order valence-corrected chi connectivity index (χ3v) is 7.95. The highest BCUT2D eigenvalue weighted by Crippen LogP contribution is 2.33. The molecule has 0 aliphatic carbocycles. The van der Waals surface area contributed by atoms with Crippen LogP contribution in [0.15, 0.2) is 18.5 Å². The van der Waals surface area contributed by atoms with Crippen LogP contribution in [-0.4, -0.2) is 88.4 Å². The monoisotopic (exact) mass is 542 g/mol. The van der Waals surface area contributed by atoms with Crippen LogP contribution in [0.2, 0.25) is 0 Å². The standard InChI is InChI=1S/C28H39FN6O4/c1-18-15-35(25-21(18)13-20(14-30-25)34-12-8-24(36)31-26(34)37)23-7-9-32(17-22(23)29)16-19-5-10-33(11-6-19)27(38)39-28(2,3)4/h13-15,19,22-23H,5-12,16-17H2,1-4H3,(H,31,36,37)/t22-,23-/m1/s1. The molecule has 0 bridgehead atoms. The Morgan fingerprint density at radius 2 is 1.90 bits per heavy atom. The number of carbonyl (C=O) groups is 3. The number of amides is 4. The van der Waals surface area contributed by atoms with Crippen LogP contribution in [0.25, 0.3) is 11.0 Å². The van der Waals surface area contributed by atoms with Gasteiger partial charge in [0, 0.05) is 57.3 Å². The van der Waals surface area contributed by atoms with Crippen molar-refractivity contribution in [3.05, 3.63) is 24.0 Å². The summed E-state index contributed by atoms with van der Waals surface area (Å²) in [5.74, 6) is 0.156. The number of hydrogen-bond acceptors (Lipinski definition) is 6. The zero-order valence-corrected chi connectivity index (χ0v) is 23.3. The van der Waals surface area contributed by atoms with Gasteiger partial charge in [-0.2, -0.15) is 0 Å². The smallest absolute Gasteiger partial charge is 0.410 e. The quantitative estimate of drug-likeness (QED) is 0.627. The first-order chi connectivity index (χ1) is 18.5. The fourth-order valence-electron chi connectivity index (χ4n) is 5.92. The van der Waals surface area contributed by atoms with Gasteiger partial charge in [0.15, 0.2) is 0 Å². The van der Waals surface area contributed by atoms with E-state index in [1.807, 2.05) is 44.5 Å². The van der Waals surface area contributed by atoms with E-state index in [0.717, 1.165) is 36.9 Å². The number of pyridine rings is 1. The molecule has 0 unspecified atom stereocenters. The maximum Gasteiger partial charge on any atom is 0.410 e. The van der Waals surface area contributed by atoms with Gasteiger partial charge in [-0.1, -0.05) is 0 Å². The molecule has 212 valence electrons. The van der Waals surface area contributed by atoms with Crippen molar-refractivity contribution >= 4 is 34.8 Å². The largest absolute Gasteiger partial charge is 0.444 e. The lowest BCUT2D eigenvalue weighted by molar-refractivity contribution is -0.120. The maximum atomic E-state index is 15.6. The summed E-state index contributed by atoms with van der Waals surface area (Å²) in [7, 11) is 0. The molecule has 2 aromatic heterocycles. The third-order valence-electron chi connectivity index (χ3n) is 7.95. The Hall–Kier alpha value is -3.21. The van der Waals surface area contributed by atoms with Crippen molar-refractivity contribution < 1.29 is 23.5 Å². The zero-order valence-electron chi connectivity index (χ0n) is 23.3. The Labute approximate surface area is 228 Å². The fourth-order valence-corrected chi connectivity index (χ4v) is 5.92. The fraction of sp³-hybridized carbons (Fsp3) is 0.643. The van der Waals surface area contributed by atoms with Crippen molar-refractivity contribution in [2.75, 3.05) is 44.2 Å². The molecule has 5 heterocycles. The molecule has 39 heavy (non-hydrogen) atoms. The predicted molar refractivity (Wildman–Crippen MR) is 145 cm³/mol. The van der Waals surface area contributed by atoms with E-state index >= 15 is 4.39 Å². The summed E-state index contributed by atoms with van der Waals surface area (Å²) in [5.41, 5.74) is 1.80. The van der Waals surface area contributed by atoms with E-state index in [9.17, 15) is 14.4 Å². The van der Waals surface area contributed by atoms with E-state index in [4.69, 9.17) is 4.74 Å². The number of aryl methyl sites for hydroxylation is 1. The molecule has 3 aliphatic rings. The molecule has 2 aromatic rings. The molecule has 3 aliphatic heterocycles. The molecule has 5 rings (SSSR count). The summed E-state index contributed by atoms with van der Waals surface area (Å²) in [4.78, 5) is 46.3. The highest BCUT2D eigenvalue weighted by atomic mass is 19.1. The topological polar surface area (TPSA) is 100 Å². The number of imide groups is 1. The average Bonchev–Trinajstić information content (AvgIpc) is 3.19. The number of urea groups is 1. The summed E-state index contributed by atoms with van der Waals surface area (Å²) in [5, 5.41) is 3.22. The summed E-state index contributed by atoms with van der Waals surface area (Å²) in [6.07, 6.45) is 5.02. The number of ether oxygens (including phenoxy) is 1. The Morgan fingerprint density at radius 1 is 1.15 bits per heavy atom. The second-order valence-corrected chi connectivity index (χ2v) is 12.1. The number of rotatable bonds is 4. The van der Waals surface area contributed by atoms with Crippen LogP contribution in [-0.2, 0) is 9.53 Å². The lowest BCUT2D eigenvalue weighted by atomic mass is 9.94. The lowest BCUT2D eigenvalue weighted by Gasteiger charge is -2.39. The number of carbonyl (C=O) groups excluding carboxylic acids is 3. The van der Waals surface area contributed by atoms with Crippen LogP contribution >= 0.6 is 0 Å². The van der Waals surface area contributed by atoms with Gasteiger partial charge in [-0.05, 0) is 64.5 Å². The first-order valence-electron chi connectivity index (χ1n) is 13.9. The normalized spacial score (nSPS) is 23.8. The van der Waals surface area contributed by atoms with Gasteiger partial charge in [0.25, 0.3) is 0 Å². The number of aromatic nitrogens is 2. The number of anilines is 1. The molecular formula is C28H39FN6O4. The minimum Gasteiger partial charge on any atom is -0.444 e. The van der Waals surface area contributed by atoms with Crippen LogP contribution in [0.5, 0.6) is 0 Å². The SMILES string of the molecule is Cc1cn([C@@H]2CCN(CC3CCN(C(=O)OC(C)(C)C)CC3)C[C@H]2F)c2ncc(N3CCC(=O)NC3=O)cc12. The highest BCUT2D eigenvalue weighted by Gasteiger charge is 2.34. The summed E-state index contributed by atoms with van der Waals surface area (Å²) >= 11 is 0. The van der Waals surface area contributed by atoms with Gasteiger partial charge in [-0.25, -0.2) is 19.0 Å². The summed E-state index contributed by atoms with van der Waals surface area (Å²) in [6.45, 7) is 11.3. The number of nitrogens with one attached hydrogen (secondary N) is 1. The van der Waals surface area contributed by atoms with Crippen molar-refractivity contribution in [1.29, 1.82) is 0 Å². The highest BCUT2D eigenvalue weighted by molar-refractivity contribution is 6.06. The van der Waals surface area contributed by atoms with Crippen molar-refractivity contribution in [2.45, 2.75) is 71.2 Å². The molecule has 3 fully saturated rings. The number of nitrogens with zero attached hydrogens (tertiary/aromatic N) is 5. The van der Waals surface area contributed by atoms with Crippen molar-refractivity contribution in [1.82, 2.24) is 24.7 Å². The van der Waals surface area contributed by atoms with Gasteiger partial charge in [0.1, 0.15) is 17.4 Å². The third kappa shape index (κ3) is 6.03. The molecular weight excluding hydrogens is 503 g/mol. The van der Waals surface area contributed by atoms with Gasteiger partial charge < -0.3 is 19.1 Å². The van der Waals surface area contributed by atoms with Crippen molar-refractivity contribution in [3.63, 3.8) is 0 Å². The van der Waals surface area contributed by atoms with Gasteiger partial charge >= 0.3 is 12.1 Å². The number of alkyl halides is 1. The lowest BCUT2D eigenvalue weighted by Crippen LogP contribution is -2.49. The van der Waals surface area contributed by atoms with Gasteiger partial charge in [-0.3, -0.25) is 15.0 Å². The number of hydrogen-bond donors (Lipinski definition) is 1. The van der Waals surface area contributed by atoms with E-state index in [2.05, 4.69) is 15.2 Å². The van der Waals surface area contributed by atoms with Gasteiger partial charge in [0.2, 0.25) is 5.91 Å². The second-order valence-electron chi connectivity index (χ2n) is 12.1. The first kappa shape index (κ1) is 27.4. The Morgan fingerprint density at radius 3 is 2.56 bits per heavy atom. The Balaban J connectivity index is 1.19. The molecule has 2 atom stereocenters. The van der Waals surface area contributed by atoms with E-state index in [0.29, 0.717) is 49.9 Å². The van der Waals surface area contributed by atoms with E-state index in [1.165, 1.54) is 4.90 Å². The van der Waals surface area contributed by atoms with E-state index < -0.39 is 17.8 Å². The number of fused-ring (bicyclic) bond motifs is 1. The molecule has 1 N–H and O–H groups in total. The number of piperidine rings is 2. The predicted octanol–water partition coefficient (Wildman–Crippen LogP) is 4.02. The first-order valence-corrected chi connectivity index (χ1v) is 13.9. The van der Waals surface area contributed by atoms with Crippen LogP contribution < -0.4 is 10.2 Å². The molecule has 4 amide bonds. The molecule has 11 heteroatoms. The van der Waals surface area contributed by atoms with E-state index in [1.54, 1.807) is 11.1 Å². The van der Waals surface area contributed by atoms with Crippen molar-refractivity contribution in [2.24, 2.45) is 5.92 Å². The second kappa shape index (κ2) is 10.7. The van der Waals surface area contributed by atoms with Crippen LogP contribution in [0.1, 0.15) is 58.1 Å². The maximum absolute atomic E-state index is 15.6. The van der Waals surface area contributed by atoms with Crippen LogP contribution in [0, 0.1) is 12.8 Å². The van der Waals surface area contributed by atoms with Crippen molar-refractivity contribution in [3.8, 4) is 0 Å². The van der Waals surface area contributed by atoms with Crippen LogP contribution in [0.4, 0.5) is 19.7 Å². The summed E-state index contributed by atoms with van der Waals surface area (Å²) < 4.78 is 23.1. The van der Waals surface area contributed by atoms with Crippen LogP contribution in [0.3, 0.4) is 0 Å². The molecule has 0 spiro atoms. The Kier molecular flexibility index (Phi) is 7.54. The minimum absolute atomic E-state index is 0.245. The average molecular weight is 543 g/mol. The van der Waals surface area contributed by atoms with Gasteiger partial charge in [-0.15, -0.1) is 0 Å². The van der Waals surface area contributed by atoms with E-state index in [-0.39, 0.29) is 24.5 Å². The number of halogens is 1. The minimum atomic E-state index is -1.03. The molecule has 0 saturated carbocycles.